The van der Waals surface area contributed by atoms with Crippen molar-refractivity contribution in [3.63, 3.8) is 0 Å². The Hall–Kier alpha value is -3.22. The van der Waals surface area contributed by atoms with E-state index in [0.29, 0.717) is 24.3 Å². The van der Waals surface area contributed by atoms with Crippen LogP contribution in [0, 0.1) is 0 Å². The van der Waals surface area contributed by atoms with Crippen LogP contribution in [0.1, 0.15) is 101 Å². The second kappa shape index (κ2) is 14.3. The van der Waals surface area contributed by atoms with Gasteiger partial charge in [0.15, 0.2) is 0 Å². The van der Waals surface area contributed by atoms with Crippen molar-refractivity contribution in [2.75, 3.05) is 26.3 Å². The van der Waals surface area contributed by atoms with Gasteiger partial charge in [0.25, 0.3) is 11.8 Å². The summed E-state index contributed by atoms with van der Waals surface area (Å²) in [6, 6.07) is 6.44. The number of benzene rings is 1. The molecule has 2 fully saturated rings. The van der Waals surface area contributed by atoms with Crippen LogP contribution in [0.2, 0.25) is 0 Å². The van der Waals surface area contributed by atoms with Gasteiger partial charge in [0.1, 0.15) is 11.2 Å². The number of amides is 4. The second-order valence-electron chi connectivity index (χ2n) is 12.7. The Balaban J connectivity index is 0.000000260. The van der Waals surface area contributed by atoms with E-state index in [1.54, 1.807) is 34.1 Å². The number of nitrogens with two attached hydrogens (primary N) is 1. The van der Waals surface area contributed by atoms with Gasteiger partial charge in [0.2, 0.25) is 0 Å². The number of fused-ring (bicyclic) bond motifs is 1. The molecular formula is C30H46N4O8. The van der Waals surface area contributed by atoms with Crippen LogP contribution < -0.4 is 5.90 Å². The first-order valence-electron chi connectivity index (χ1n) is 14.6. The molecule has 4 amide bonds. The van der Waals surface area contributed by atoms with Crippen LogP contribution in [0.15, 0.2) is 24.3 Å². The van der Waals surface area contributed by atoms with E-state index >= 15 is 0 Å². The number of carbonyl (C=O) groups excluding carboxylic acids is 4. The summed E-state index contributed by atoms with van der Waals surface area (Å²) in [5, 5.41) is 0.798. The Morgan fingerprint density at radius 1 is 0.762 bits per heavy atom. The molecule has 3 aliphatic heterocycles. The van der Waals surface area contributed by atoms with Crippen molar-refractivity contribution in [3.05, 3.63) is 35.4 Å². The lowest BCUT2D eigenvalue weighted by molar-refractivity contribution is -0.111. The van der Waals surface area contributed by atoms with Gasteiger partial charge < -0.3 is 24.1 Å². The van der Waals surface area contributed by atoms with Gasteiger partial charge >= 0.3 is 12.2 Å². The Morgan fingerprint density at radius 3 is 1.60 bits per heavy atom. The number of ether oxygens (including phenoxy) is 2. The van der Waals surface area contributed by atoms with Crippen molar-refractivity contribution in [3.8, 4) is 0 Å². The van der Waals surface area contributed by atoms with Crippen molar-refractivity contribution in [1.29, 1.82) is 0 Å². The minimum Gasteiger partial charge on any atom is -0.444 e. The van der Waals surface area contributed by atoms with Crippen molar-refractivity contribution in [1.82, 2.24) is 14.9 Å². The fourth-order valence-corrected chi connectivity index (χ4v) is 5.03. The lowest BCUT2D eigenvalue weighted by Gasteiger charge is -2.36. The first-order valence-corrected chi connectivity index (χ1v) is 14.6. The lowest BCUT2D eigenvalue weighted by Crippen LogP contribution is -2.49. The molecule has 3 aliphatic rings. The Morgan fingerprint density at radius 2 is 1.19 bits per heavy atom. The van der Waals surface area contributed by atoms with Gasteiger partial charge in [0.05, 0.1) is 36.4 Å². The molecule has 12 heteroatoms. The molecule has 0 spiro atoms. The number of likely N-dealkylation sites (tertiary alicyclic amines) is 2. The first kappa shape index (κ1) is 33.3. The van der Waals surface area contributed by atoms with E-state index in [1.807, 2.05) is 41.5 Å². The van der Waals surface area contributed by atoms with Crippen molar-refractivity contribution in [2.24, 2.45) is 5.90 Å². The number of hydrogen-bond acceptors (Lipinski definition) is 9. The monoisotopic (exact) mass is 590 g/mol. The van der Waals surface area contributed by atoms with Crippen LogP contribution in [0.25, 0.3) is 0 Å². The maximum Gasteiger partial charge on any atom is 0.410 e. The highest BCUT2D eigenvalue weighted by Gasteiger charge is 2.38. The van der Waals surface area contributed by atoms with Crippen molar-refractivity contribution < 1.29 is 38.3 Å². The molecule has 12 nitrogen and oxygen atoms in total. The van der Waals surface area contributed by atoms with Crippen LogP contribution in [-0.4, -0.2) is 88.5 Å². The zero-order valence-corrected chi connectivity index (χ0v) is 25.7. The van der Waals surface area contributed by atoms with Crippen LogP contribution in [-0.2, 0) is 19.1 Å². The predicted octanol–water partition coefficient (Wildman–Crippen LogP) is 4.67. The van der Waals surface area contributed by atoms with Gasteiger partial charge in [-0.25, -0.2) is 15.5 Å². The zero-order chi connectivity index (χ0) is 31.1. The molecule has 1 aromatic carbocycles. The Bertz CT molecular complexity index is 1080. The topological polar surface area (TPSA) is 141 Å². The molecule has 0 bridgehead atoms. The number of rotatable bonds is 5. The summed E-state index contributed by atoms with van der Waals surface area (Å²) in [4.78, 5) is 62.6. The van der Waals surface area contributed by atoms with E-state index in [-0.39, 0.29) is 24.8 Å². The van der Waals surface area contributed by atoms with Crippen LogP contribution in [0.5, 0.6) is 0 Å². The summed E-state index contributed by atoms with van der Waals surface area (Å²) < 4.78 is 10.8. The number of hydrogen-bond donors (Lipinski definition) is 1. The largest absolute Gasteiger partial charge is 0.444 e. The van der Waals surface area contributed by atoms with E-state index in [9.17, 15) is 19.2 Å². The highest BCUT2D eigenvalue weighted by atomic mass is 16.7. The molecule has 2 saturated heterocycles. The van der Waals surface area contributed by atoms with E-state index in [0.717, 1.165) is 50.1 Å². The Kier molecular flexibility index (Phi) is 11.3. The summed E-state index contributed by atoms with van der Waals surface area (Å²) in [7, 11) is 0. The summed E-state index contributed by atoms with van der Waals surface area (Å²) >= 11 is 0. The normalized spacial score (nSPS) is 21.0. The van der Waals surface area contributed by atoms with Crippen LogP contribution in [0.3, 0.4) is 0 Å². The number of carbonyl (C=O) groups is 4. The molecule has 3 heterocycles. The third-order valence-corrected chi connectivity index (χ3v) is 6.95. The van der Waals surface area contributed by atoms with E-state index < -0.39 is 29.1 Å². The minimum absolute atomic E-state index is 0.0496. The fourth-order valence-electron chi connectivity index (χ4n) is 5.03. The van der Waals surface area contributed by atoms with Gasteiger partial charge in [-0.2, -0.15) is 0 Å². The summed E-state index contributed by atoms with van der Waals surface area (Å²) in [5.74, 6) is 4.14. The molecular weight excluding hydrogens is 544 g/mol. The molecule has 2 unspecified atom stereocenters. The predicted molar refractivity (Wildman–Crippen MR) is 154 cm³/mol. The quantitative estimate of drug-likeness (QED) is 0.382. The van der Waals surface area contributed by atoms with Crippen molar-refractivity contribution in [2.45, 2.75) is 103 Å². The molecule has 0 aromatic heterocycles. The maximum atomic E-state index is 12.4. The average molecular weight is 591 g/mol. The maximum absolute atomic E-state index is 12.4. The number of hydroxylamine groups is 2. The average Bonchev–Trinajstić information content (AvgIpc) is 3.16. The molecule has 42 heavy (non-hydrogen) atoms. The van der Waals surface area contributed by atoms with Gasteiger partial charge in [-0.15, -0.1) is 5.06 Å². The molecule has 0 radical (unpaired) electrons. The highest BCUT2D eigenvalue weighted by Crippen LogP contribution is 2.25. The molecule has 0 aliphatic carbocycles. The number of imide groups is 1. The molecule has 4 rings (SSSR count). The third kappa shape index (κ3) is 9.14. The SMILES string of the molecule is CC(C)(C)OC(=O)N1CCCCC1CON.CC(C)(C)OC(=O)N1CCCCC1CON1C(=O)c2ccccc2C1=O. The second-order valence-corrected chi connectivity index (χ2v) is 12.7. The number of nitrogens with zero attached hydrogens (tertiary/aromatic N) is 3. The van der Waals surface area contributed by atoms with E-state index in [4.69, 9.17) is 20.2 Å². The minimum atomic E-state index is -0.581. The van der Waals surface area contributed by atoms with E-state index in [1.165, 1.54) is 0 Å². The summed E-state index contributed by atoms with van der Waals surface area (Å²) in [6.07, 6.45) is 4.97. The third-order valence-electron chi connectivity index (χ3n) is 6.95. The smallest absolute Gasteiger partial charge is 0.410 e. The highest BCUT2D eigenvalue weighted by molar-refractivity contribution is 6.20. The summed E-state index contributed by atoms with van der Waals surface area (Å²) in [5.41, 5.74) is -0.360. The van der Waals surface area contributed by atoms with Gasteiger partial charge in [-0.05, 0) is 92.2 Å². The molecule has 2 N–H and O–H groups in total. The molecule has 234 valence electrons. The van der Waals surface area contributed by atoms with E-state index in [2.05, 4.69) is 4.84 Å². The fraction of sp³-hybridized carbons (Fsp3) is 0.667. The van der Waals surface area contributed by atoms with Gasteiger partial charge in [-0.1, -0.05) is 12.1 Å². The first-order chi connectivity index (χ1) is 19.7. The Labute approximate surface area is 248 Å². The lowest BCUT2D eigenvalue weighted by atomic mass is 10.0. The van der Waals surface area contributed by atoms with Crippen molar-refractivity contribution >= 4 is 24.0 Å². The standard InChI is InChI=1S/C19H24N2O5.C11H22N2O3/c1-19(2,3)26-18(24)20-11-7-6-8-13(20)12-25-21-16(22)14-9-4-5-10-15(14)17(21)23;1-11(2,3)16-10(14)13-7-5-4-6-9(13)8-15-12/h4-5,9-10,13H,6-8,11-12H2,1-3H3;9H,4-8,12H2,1-3H3. The van der Waals surface area contributed by atoms with Crippen LogP contribution >= 0.6 is 0 Å². The molecule has 2 atom stereocenters. The number of piperidine rings is 2. The van der Waals surface area contributed by atoms with Gasteiger partial charge in [0, 0.05) is 13.1 Å². The summed E-state index contributed by atoms with van der Waals surface area (Å²) in [6.45, 7) is 12.8. The molecule has 0 saturated carbocycles. The van der Waals surface area contributed by atoms with Gasteiger partial charge in [-0.3, -0.25) is 14.4 Å². The molecule has 1 aromatic rings. The van der Waals surface area contributed by atoms with Crippen LogP contribution in [0.4, 0.5) is 9.59 Å². The zero-order valence-electron chi connectivity index (χ0n) is 25.7.